The molecule has 148 valence electrons. The highest BCUT2D eigenvalue weighted by molar-refractivity contribution is 6.30. The van der Waals surface area contributed by atoms with Crippen molar-refractivity contribution in [3.63, 3.8) is 0 Å². The van der Waals surface area contributed by atoms with Crippen molar-refractivity contribution in [1.29, 1.82) is 0 Å². The van der Waals surface area contributed by atoms with Gasteiger partial charge in [-0.15, -0.1) is 0 Å². The van der Waals surface area contributed by atoms with Crippen molar-refractivity contribution in [1.82, 2.24) is 15.6 Å². The van der Waals surface area contributed by atoms with Crippen LogP contribution in [0.25, 0.3) is 0 Å². The molecule has 0 radical (unpaired) electrons. The Morgan fingerprint density at radius 3 is 2.68 bits per heavy atom. The Balaban J connectivity index is 1.28. The molecule has 0 amide bonds. The fourth-order valence-corrected chi connectivity index (χ4v) is 4.16. The molecule has 2 heterocycles. The van der Waals surface area contributed by atoms with Gasteiger partial charge in [-0.2, -0.15) is 0 Å². The van der Waals surface area contributed by atoms with Gasteiger partial charge < -0.3 is 15.5 Å². The third-order valence-electron chi connectivity index (χ3n) is 5.92. The maximum absolute atomic E-state index is 6.19. The van der Waals surface area contributed by atoms with Crippen LogP contribution in [0.15, 0.2) is 53.7 Å². The maximum atomic E-state index is 6.19. The molecule has 2 aromatic rings. The van der Waals surface area contributed by atoms with Crippen LogP contribution in [0.2, 0.25) is 5.02 Å². The third kappa shape index (κ3) is 4.41. The van der Waals surface area contributed by atoms with Gasteiger partial charge in [0.05, 0.1) is 0 Å². The van der Waals surface area contributed by atoms with Crippen molar-refractivity contribution in [2.45, 2.75) is 37.1 Å². The van der Waals surface area contributed by atoms with Crippen molar-refractivity contribution in [2.75, 3.05) is 31.6 Å². The molecule has 0 bridgehead atoms. The van der Waals surface area contributed by atoms with Gasteiger partial charge >= 0.3 is 0 Å². The molecule has 1 aromatic heterocycles. The van der Waals surface area contributed by atoms with E-state index < -0.39 is 0 Å². The van der Waals surface area contributed by atoms with Gasteiger partial charge in [-0.3, -0.25) is 4.99 Å². The zero-order valence-electron chi connectivity index (χ0n) is 16.4. The summed E-state index contributed by atoms with van der Waals surface area (Å²) in [5, 5.41) is 7.97. The lowest BCUT2D eigenvalue weighted by molar-refractivity contribution is 0.458. The van der Waals surface area contributed by atoms with E-state index in [1.54, 1.807) is 0 Å². The molecule has 0 unspecified atom stereocenters. The SMILES string of the molecule is CN=C(NCC1(c2cccc(Cl)c2)CC1)NC1CCN(c2ccccn2)CC1. The number of aromatic nitrogens is 1. The molecule has 2 aliphatic rings. The van der Waals surface area contributed by atoms with Gasteiger partial charge in [0.2, 0.25) is 0 Å². The Bertz CT molecular complexity index is 811. The summed E-state index contributed by atoms with van der Waals surface area (Å²) in [6.45, 7) is 2.91. The van der Waals surface area contributed by atoms with Gasteiger partial charge in [-0.1, -0.05) is 29.8 Å². The highest BCUT2D eigenvalue weighted by Crippen LogP contribution is 2.48. The number of hydrogen-bond acceptors (Lipinski definition) is 3. The van der Waals surface area contributed by atoms with E-state index in [4.69, 9.17) is 11.6 Å². The highest BCUT2D eigenvalue weighted by Gasteiger charge is 2.44. The Labute approximate surface area is 172 Å². The van der Waals surface area contributed by atoms with E-state index in [2.05, 4.69) is 43.7 Å². The fraction of sp³-hybridized carbons (Fsp3) is 0.455. The lowest BCUT2D eigenvalue weighted by atomic mass is 9.96. The summed E-state index contributed by atoms with van der Waals surface area (Å²) >= 11 is 6.19. The summed E-state index contributed by atoms with van der Waals surface area (Å²) in [5.41, 5.74) is 1.52. The average molecular weight is 398 g/mol. The van der Waals surface area contributed by atoms with Crippen LogP contribution in [-0.2, 0) is 5.41 Å². The lowest BCUT2D eigenvalue weighted by Gasteiger charge is -2.34. The molecular formula is C22H28ClN5. The maximum Gasteiger partial charge on any atom is 0.191 e. The predicted octanol–water partition coefficient (Wildman–Crippen LogP) is 3.60. The number of halogens is 1. The summed E-state index contributed by atoms with van der Waals surface area (Å²) in [5.74, 6) is 1.96. The van der Waals surface area contributed by atoms with Crippen molar-refractivity contribution < 1.29 is 0 Å². The van der Waals surface area contributed by atoms with Crippen LogP contribution in [-0.4, -0.2) is 43.7 Å². The van der Waals surface area contributed by atoms with Crippen molar-refractivity contribution in [3.8, 4) is 0 Å². The molecular weight excluding hydrogens is 370 g/mol. The second kappa shape index (κ2) is 8.39. The molecule has 1 aliphatic heterocycles. The molecule has 6 heteroatoms. The van der Waals surface area contributed by atoms with Gasteiger partial charge in [-0.25, -0.2) is 4.98 Å². The molecule has 1 saturated heterocycles. The van der Waals surface area contributed by atoms with Gasteiger partial charge in [-0.05, 0) is 55.5 Å². The number of piperidine rings is 1. The van der Waals surface area contributed by atoms with E-state index in [1.807, 2.05) is 37.5 Å². The van der Waals surface area contributed by atoms with E-state index in [0.717, 1.165) is 49.3 Å². The Morgan fingerprint density at radius 2 is 2.04 bits per heavy atom. The van der Waals surface area contributed by atoms with Crippen molar-refractivity contribution >= 4 is 23.4 Å². The van der Waals surface area contributed by atoms with E-state index >= 15 is 0 Å². The van der Waals surface area contributed by atoms with E-state index in [-0.39, 0.29) is 5.41 Å². The molecule has 0 spiro atoms. The monoisotopic (exact) mass is 397 g/mol. The number of aliphatic imine (C=N–C) groups is 1. The molecule has 4 rings (SSSR count). The van der Waals surface area contributed by atoms with Gasteiger partial charge in [0.1, 0.15) is 5.82 Å². The van der Waals surface area contributed by atoms with E-state index in [1.165, 1.54) is 18.4 Å². The number of rotatable bonds is 5. The second-order valence-electron chi connectivity index (χ2n) is 7.81. The Kier molecular flexibility index (Phi) is 5.72. The minimum Gasteiger partial charge on any atom is -0.356 e. The minimum atomic E-state index is 0.199. The van der Waals surface area contributed by atoms with Crippen LogP contribution in [0, 0.1) is 0 Å². The summed E-state index contributed by atoms with van der Waals surface area (Å²) in [4.78, 5) is 11.3. The normalized spacial score (nSPS) is 19.4. The van der Waals surface area contributed by atoms with Crippen LogP contribution >= 0.6 is 11.6 Å². The number of nitrogens with zero attached hydrogens (tertiary/aromatic N) is 3. The van der Waals surface area contributed by atoms with Gasteiger partial charge in [0, 0.05) is 49.4 Å². The Morgan fingerprint density at radius 1 is 1.21 bits per heavy atom. The molecule has 2 N–H and O–H groups in total. The number of hydrogen-bond donors (Lipinski definition) is 2. The number of anilines is 1. The quantitative estimate of drug-likeness (QED) is 0.598. The zero-order valence-corrected chi connectivity index (χ0v) is 17.1. The molecule has 1 aromatic carbocycles. The number of benzene rings is 1. The van der Waals surface area contributed by atoms with Gasteiger partial charge in [0.15, 0.2) is 5.96 Å². The molecule has 5 nitrogen and oxygen atoms in total. The molecule has 28 heavy (non-hydrogen) atoms. The average Bonchev–Trinajstić information content (AvgIpc) is 3.53. The largest absolute Gasteiger partial charge is 0.356 e. The van der Waals surface area contributed by atoms with Crippen LogP contribution < -0.4 is 15.5 Å². The summed E-state index contributed by atoms with van der Waals surface area (Å²) < 4.78 is 0. The molecule has 0 atom stereocenters. The first-order chi connectivity index (χ1) is 13.7. The summed E-state index contributed by atoms with van der Waals surface area (Å²) in [7, 11) is 1.84. The van der Waals surface area contributed by atoms with Crippen LogP contribution in [0.3, 0.4) is 0 Å². The van der Waals surface area contributed by atoms with E-state index in [9.17, 15) is 0 Å². The fourth-order valence-electron chi connectivity index (χ4n) is 3.97. The van der Waals surface area contributed by atoms with Gasteiger partial charge in [0.25, 0.3) is 0 Å². The Hall–Kier alpha value is -2.27. The smallest absolute Gasteiger partial charge is 0.191 e. The topological polar surface area (TPSA) is 52.6 Å². The first kappa shape index (κ1) is 19.1. The third-order valence-corrected chi connectivity index (χ3v) is 6.15. The minimum absolute atomic E-state index is 0.199. The standard InChI is InChI=1S/C22H28ClN5/c1-24-21(26-16-22(10-11-22)17-5-4-6-18(23)15-17)27-19-8-13-28(14-9-19)20-7-2-3-12-25-20/h2-7,12,15,19H,8-11,13-14,16H2,1H3,(H2,24,26,27). The van der Waals surface area contributed by atoms with Crippen molar-refractivity contribution in [2.24, 2.45) is 4.99 Å². The first-order valence-corrected chi connectivity index (χ1v) is 10.5. The zero-order chi connectivity index (χ0) is 19.4. The number of pyridine rings is 1. The molecule has 2 fully saturated rings. The number of guanidine groups is 1. The van der Waals surface area contributed by atoms with E-state index in [0.29, 0.717) is 6.04 Å². The second-order valence-corrected chi connectivity index (χ2v) is 8.25. The molecule has 1 saturated carbocycles. The first-order valence-electron chi connectivity index (χ1n) is 10.1. The van der Waals surface area contributed by atoms with Crippen LogP contribution in [0.1, 0.15) is 31.2 Å². The summed E-state index contributed by atoms with van der Waals surface area (Å²) in [6, 6.07) is 14.8. The highest BCUT2D eigenvalue weighted by atomic mass is 35.5. The lowest BCUT2D eigenvalue weighted by Crippen LogP contribution is -2.50. The summed E-state index contributed by atoms with van der Waals surface area (Å²) in [6.07, 6.45) is 6.41. The number of nitrogens with one attached hydrogen (secondary N) is 2. The van der Waals surface area contributed by atoms with Crippen LogP contribution in [0.4, 0.5) is 5.82 Å². The predicted molar refractivity (Wildman–Crippen MR) is 116 cm³/mol. The molecule has 1 aliphatic carbocycles. The van der Waals surface area contributed by atoms with Crippen molar-refractivity contribution in [3.05, 3.63) is 59.2 Å². The van der Waals surface area contributed by atoms with Crippen LogP contribution in [0.5, 0.6) is 0 Å².